The lowest BCUT2D eigenvalue weighted by Gasteiger charge is -2.26. The minimum Gasteiger partial charge on any atom is -0.278 e. The van der Waals surface area contributed by atoms with Crippen LogP contribution in [0.2, 0.25) is 0 Å². The molecular formula is C11H9BrN4O2. The Labute approximate surface area is 111 Å². The van der Waals surface area contributed by atoms with Crippen molar-refractivity contribution in [1.29, 1.82) is 0 Å². The standard InChI is InChI=1S/C11H9BrN4O2/c12-7-5-8-1-3-13-16(8)10(6-7)15-4-2-9(17)14-11(15)18/h1,3,5-6H,2,4H2,(H,14,17,18). The highest BCUT2D eigenvalue weighted by Crippen LogP contribution is 2.24. The van der Waals surface area contributed by atoms with Gasteiger partial charge in [-0.25, -0.2) is 9.31 Å². The van der Waals surface area contributed by atoms with Crippen molar-refractivity contribution in [2.75, 3.05) is 11.4 Å². The Morgan fingerprint density at radius 2 is 2.17 bits per heavy atom. The summed E-state index contributed by atoms with van der Waals surface area (Å²) in [5.41, 5.74) is 0.879. The second-order valence-corrected chi connectivity index (χ2v) is 4.87. The van der Waals surface area contributed by atoms with Crippen LogP contribution in [0.15, 0.2) is 28.9 Å². The van der Waals surface area contributed by atoms with Crippen LogP contribution in [-0.2, 0) is 4.79 Å². The minimum atomic E-state index is -0.416. The van der Waals surface area contributed by atoms with Crippen molar-refractivity contribution in [3.05, 3.63) is 28.9 Å². The van der Waals surface area contributed by atoms with E-state index in [1.54, 1.807) is 16.8 Å². The van der Waals surface area contributed by atoms with E-state index in [1.807, 2.05) is 12.1 Å². The van der Waals surface area contributed by atoms with Crippen molar-refractivity contribution in [3.63, 3.8) is 0 Å². The van der Waals surface area contributed by atoms with Crippen LogP contribution in [0.5, 0.6) is 0 Å². The zero-order valence-electron chi connectivity index (χ0n) is 9.26. The summed E-state index contributed by atoms with van der Waals surface area (Å²) in [5.74, 6) is 0.386. The van der Waals surface area contributed by atoms with Crippen LogP contribution in [0.25, 0.3) is 5.52 Å². The van der Waals surface area contributed by atoms with Crippen molar-refractivity contribution in [2.45, 2.75) is 6.42 Å². The van der Waals surface area contributed by atoms with Gasteiger partial charge >= 0.3 is 6.03 Å². The SMILES string of the molecule is O=C1CCN(c2cc(Br)cc3ccnn23)C(=O)N1. The number of amides is 3. The number of nitrogens with zero attached hydrogens (tertiary/aromatic N) is 3. The first-order chi connectivity index (χ1) is 8.65. The van der Waals surface area contributed by atoms with Crippen LogP contribution in [0.1, 0.15) is 6.42 Å². The van der Waals surface area contributed by atoms with Gasteiger partial charge in [0.25, 0.3) is 0 Å². The van der Waals surface area contributed by atoms with Crippen LogP contribution in [0.3, 0.4) is 0 Å². The summed E-state index contributed by atoms with van der Waals surface area (Å²) in [4.78, 5) is 24.5. The maximum atomic E-state index is 11.8. The number of aromatic nitrogens is 2. The summed E-state index contributed by atoms with van der Waals surface area (Å²) >= 11 is 3.40. The Bertz CT molecular complexity index is 652. The van der Waals surface area contributed by atoms with Gasteiger partial charge in [0.2, 0.25) is 5.91 Å². The molecule has 2 aromatic rings. The summed E-state index contributed by atoms with van der Waals surface area (Å²) in [6.07, 6.45) is 1.96. The quantitative estimate of drug-likeness (QED) is 0.869. The maximum absolute atomic E-state index is 11.8. The first-order valence-electron chi connectivity index (χ1n) is 5.40. The lowest BCUT2D eigenvalue weighted by Crippen LogP contribution is -2.50. The lowest BCUT2D eigenvalue weighted by atomic mass is 10.3. The molecular weight excluding hydrogens is 300 g/mol. The van der Waals surface area contributed by atoms with E-state index < -0.39 is 6.03 Å². The fraction of sp³-hybridized carbons (Fsp3) is 0.182. The van der Waals surface area contributed by atoms with Gasteiger partial charge in [0, 0.05) is 17.4 Å². The van der Waals surface area contributed by atoms with E-state index in [2.05, 4.69) is 26.3 Å². The van der Waals surface area contributed by atoms with E-state index in [0.717, 1.165) is 9.99 Å². The molecule has 0 spiro atoms. The van der Waals surface area contributed by atoms with E-state index in [-0.39, 0.29) is 5.91 Å². The number of pyridine rings is 1. The molecule has 0 atom stereocenters. The zero-order valence-corrected chi connectivity index (χ0v) is 10.8. The molecule has 1 saturated heterocycles. The van der Waals surface area contributed by atoms with Gasteiger partial charge in [-0.05, 0) is 18.2 Å². The number of carbonyl (C=O) groups is 2. The topological polar surface area (TPSA) is 66.7 Å². The van der Waals surface area contributed by atoms with Gasteiger partial charge in [-0.15, -0.1) is 0 Å². The second-order valence-electron chi connectivity index (χ2n) is 3.95. The average Bonchev–Trinajstić information content (AvgIpc) is 2.76. The van der Waals surface area contributed by atoms with Crippen molar-refractivity contribution >= 4 is 39.2 Å². The lowest BCUT2D eigenvalue weighted by molar-refractivity contribution is -0.120. The number of halogens is 1. The largest absolute Gasteiger partial charge is 0.329 e. The molecule has 0 bridgehead atoms. The predicted octanol–water partition coefficient (Wildman–Crippen LogP) is 1.54. The molecule has 1 aliphatic rings. The highest BCUT2D eigenvalue weighted by Gasteiger charge is 2.26. The van der Waals surface area contributed by atoms with Crippen LogP contribution < -0.4 is 10.2 Å². The highest BCUT2D eigenvalue weighted by atomic mass is 79.9. The van der Waals surface area contributed by atoms with E-state index in [1.165, 1.54) is 4.90 Å². The van der Waals surface area contributed by atoms with Crippen molar-refractivity contribution in [3.8, 4) is 0 Å². The van der Waals surface area contributed by atoms with Gasteiger partial charge in [-0.1, -0.05) is 15.9 Å². The molecule has 3 heterocycles. The third kappa shape index (κ3) is 1.76. The zero-order chi connectivity index (χ0) is 12.7. The molecule has 1 fully saturated rings. The normalized spacial score (nSPS) is 16.2. The Morgan fingerprint density at radius 1 is 1.33 bits per heavy atom. The van der Waals surface area contributed by atoms with Crippen LogP contribution in [-0.4, -0.2) is 28.1 Å². The number of hydrogen-bond acceptors (Lipinski definition) is 3. The Hall–Kier alpha value is -1.89. The first-order valence-corrected chi connectivity index (χ1v) is 6.19. The van der Waals surface area contributed by atoms with Crippen molar-refractivity contribution in [2.24, 2.45) is 0 Å². The molecule has 92 valence electrons. The summed E-state index contributed by atoms with van der Waals surface area (Å²) in [5, 5.41) is 6.47. The molecule has 0 aliphatic carbocycles. The molecule has 18 heavy (non-hydrogen) atoms. The summed E-state index contributed by atoms with van der Waals surface area (Å²) in [6, 6.07) is 5.14. The van der Waals surface area contributed by atoms with E-state index in [0.29, 0.717) is 18.8 Å². The number of nitrogens with one attached hydrogen (secondary N) is 1. The molecule has 0 radical (unpaired) electrons. The summed E-state index contributed by atoms with van der Waals surface area (Å²) in [7, 11) is 0. The molecule has 0 unspecified atom stereocenters. The molecule has 0 saturated carbocycles. The molecule has 1 N–H and O–H groups in total. The summed E-state index contributed by atoms with van der Waals surface area (Å²) in [6.45, 7) is 0.357. The fourth-order valence-electron chi connectivity index (χ4n) is 1.96. The number of urea groups is 1. The molecule has 1 aliphatic heterocycles. The van der Waals surface area contributed by atoms with Crippen LogP contribution in [0, 0.1) is 0 Å². The molecule has 3 rings (SSSR count). The van der Waals surface area contributed by atoms with Gasteiger partial charge in [-0.3, -0.25) is 15.0 Å². The highest BCUT2D eigenvalue weighted by molar-refractivity contribution is 9.10. The van der Waals surface area contributed by atoms with Crippen LogP contribution >= 0.6 is 15.9 Å². The molecule has 2 aromatic heterocycles. The number of carbonyl (C=O) groups excluding carboxylic acids is 2. The average molecular weight is 309 g/mol. The fourth-order valence-corrected chi connectivity index (χ4v) is 2.40. The second kappa shape index (κ2) is 4.09. The molecule has 3 amide bonds. The number of imide groups is 1. The van der Waals surface area contributed by atoms with E-state index >= 15 is 0 Å². The van der Waals surface area contributed by atoms with E-state index in [4.69, 9.17) is 0 Å². The smallest absolute Gasteiger partial charge is 0.278 e. The van der Waals surface area contributed by atoms with Gasteiger partial charge in [-0.2, -0.15) is 5.10 Å². The first kappa shape index (κ1) is 11.2. The van der Waals surface area contributed by atoms with Gasteiger partial charge in [0.05, 0.1) is 11.7 Å². The molecule has 0 aromatic carbocycles. The third-order valence-electron chi connectivity index (χ3n) is 2.77. The number of anilines is 1. The van der Waals surface area contributed by atoms with Crippen molar-refractivity contribution in [1.82, 2.24) is 14.9 Å². The summed E-state index contributed by atoms with van der Waals surface area (Å²) < 4.78 is 2.52. The number of fused-ring (bicyclic) bond motifs is 1. The van der Waals surface area contributed by atoms with Crippen LogP contribution in [0.4, 0.5) is 10.6 Å². The minimum absolute atomic E-state index is 0.247. The number of hydrogen-bond donors (Lipinski definition) is 1. The Morgan fingerprint density at radius 3 is 2.94 bits per heavy atom. The van der Waals surface area contributed by atoms with Gasteiger partial charge < -0.3 is 0 Å². The van der Waals surface area contributed by atoms with Gasteiger partial charge in [0.15, 0.2) is 0 Å². The monoisotopic (exact) mass is 308 g/mol. The number of rotatable bonds is 1. The Kier molecular flexibility index (Phi) is 2.55. The van der Waals surface area contributed by atoms with E-state index in [9.17, 15) is 9.59 Å². The Balaban J connectivity index is 2.11. The van der Waals surface area contributed by atoms with Crippen molar-refractivity contribution < 1.29 is 9.59 Å². The van der Waals surface area contributed by atoms with Gasteiger partial charge in [0.1, 0.15) is 5.82 Å². The predicted molar refractivity (Wildman–Crippen MR) is 68.4 cm³/mol. The molecule has 7 heteroatoms. The maximum Gasteiger partial charge on any atom is 0.329 e. The third-order valence-corrected chi connectivity index (χ3v) is 3.23. The molecule has 6 nitrogen and oxygen atoms in total.